The van der Waals surface area contributed by atoms with Crippen LogP contribution in [-0.2, 0) is 16.1 Å². The highest BCUT2D eigenvalue weighted by atomic mass is 16.5. The van der Waals surface area contributed by atoms with E-state index in [2.05, 4.69) is 9.72 Å². The number of nitrogen functional groups attached to an aromatic ring is 1. The number of nitrogens with zero attached hydrogens (tertiary/aromatic N) is 2. The maximum Gasteiger partial charge on any atom is 0.336 e. The lowest BCUT2D eigenvalue weighted by Gasteiger charge is -2.10. The Morgan fingerprint density at radius 2 is 2.57 bits per heavy atom. The van der Waals surface area contributed by atoms with Crippen LogP contribution in [-0.4, -0.2) is 33.3 Å². The van der Waals surface area contributed by atoms with E-state index < -0.39 is 12.1 Å². The van der Waals surface area contributed by atoms with Crippen LogP contribution in [0.3, 0.4) is 0 Å². The molecule has 1 rings (SSSR count). The molecule has 0 saturated carbocycles. The number of carbonyl (C=O) groups is 1. The van der Waals surface area contributed by atoms with Gasteiger partial charge in [0.1, 0.15) is 0 Å². The van der Waals surface area contributed by atoms with E-state index in [0.717, 1.165) is 0 Å². The van der Waals surface area contributed by atoms with Crippen LogP contribution < -0.4 is 5.73 Å². The Balaban J connectivity index is 2.52. The van der Waals surface area contributed by atoms with Crippen molar-refractivity contribution in [2.24, 2.45) is 0 Å². The van der Waals surface area contributed by atoms with Gasteiger partial charge in [-0.2, -0.15) is 0 Å². The van der Waals surface area contributed by atoms with Crippen LogP contribution >= 0.6 is 0 Å². The summed E-state index contributed by atoms with van der Waals surface area (Å²) in [5.41, 5.74) is 5.45. The Bertz CT molecular complexity index is 311. The van der Waals surface area contributed by atoms with Gasteiger partial charge in [-0.3, -0.25) is 0 Å². The van der Waals surface area contributed by atoms with Gasteiger partial charge in [0.05, 0.1) is 13.2 Å². The van der Waals surface area contributed by atoms with E-state index >= 15 is 0 Å². The van der Waals surface area contributed by atoms with E-state index in [1.165, 1.54) is 10.8 Å². The van der Waals surface area contributed by atoms with Crippen LogP contribution in [0.5, 0.6) is 0 Å². The first-order chi connectivity index (χ1) is 6.65. The number of aliphatic hydroxyl groups excluding tert-OH is 1. The number of hydrogen-bond donors (Lipinski definition) is 2. The third-order valence-electron chi connectivity index (χ3n) is 1.68. The van der Waals surface area contributed by atoms with Gasteiger partial charge in [0.25, 0.3) is 0 Å². The predicted octanol–water partition coefficient (Wildman–Crippen LogP) is -0.611. The molecule has 0 amide bonds. The zero-order chi connectivity index (χ0) is 10.6. The Morgan fingerprint density at radius 3 is 3.07 bits per heavy atom. The molecule has 0 aromatic carbocycles. The van der Waals surface area contributed by atoms with Gasteiger partial charge in [-0.15, -0.1) is 0 Å². The summed E-state index contributed by atoms with van der Waals surface area (Å²) < 4.78 is 6.10. The molecule has 1 unspecified atom stereocenters. The molecule has 0 spiro atoms. The maximum atomic E-state index is 11.0. The number of aromatic nitrogens is 2. The minimum atomic E-state index is -1.20. The lowest BCUT2D eigenvalue weighted by atomic mass is 10.3. The molecule has 0 bridgehead atoms. The first-order valence-electron chi connectivity index (χ1n) is 4.26. The van der Waals surface area contributed by atoms with Gasteiger partial charge in [0.2, 0.25) is 0 Å². The fraction of sp³-hybridized carbons (Fsp3) is 0.500. The summed E-state index contributed by atoms with van der Waals surface area (Å²) in [5, 5.41) is 9.37. The second kappa shape index (κ2) is 4.61. The van der Waals surface area contributed by atoms with Crippen molar-refractivity contribution in [2.45, 2.75) is 19.6 Å². The van der Waals surface area contributed by atoms with Crippen molar-refractivity contribution in [3.05, 3.63) is 12.4 Å². The van der Waals surface area contributed by atoms with Crippen LogP contribution in [0.2, 0.25) is 0 Å². The second-order valence-electron chi connectivity index (χ2n) is 2.71. The molecule has 0 aliphatic heterocycles. The molecule has 1 aromatic heterocycles. The number of rotatable bonds is 4. The average Bonchev–Trinajstić information content (AvgIpc) is 2.52. The third kappa shape index (κ3) is 2.46. The number of esters is 1. The van der Waals surface area contributed by atoms with Crippen molar-refractivity contribution in [3.8, 4) is 0 Å². The Hall–Kier alpha value is -1.56. The van der Waals surface area contributed by atoms with Crippen molar-refractivity contribution in [1.29, 1.82) is 0 Å². The van der Waals surface area contributed by atoms with E-state index in [0.29, 0.717) is 0 Å². The fourth-order valence-electron chi connectivity index (χ4n) is 0.994. The SMILES string of the molecule is CCOC(=O)C(O)Cn1ccnc1N. The summed E-state index contributed by atoms with van der Waals surface area (Å²) >= 11 is 0. The Kier molecular flexibility index (Phi) is 3.47. The molecule has 0 aliphatic carbocycles. The molecule has 0 saturated heterocycles. The normalized spacial score (nSPS) is 12.4. The monoisotopic (exact) mass is 199 g/mol. The number of ether oxygens (including phenoxy) is 1. The van der Waals surface area contributed by atoms with Crippen LogP contribution in [0, 0.1) is 0 Å². The van der Waals surface area contributed by atoms with E-state index in [-0.39, 0.29) is 19.1 Å². The van der Waals surface area contributed by atoms with E-state index in [9.17, 15) is 9.90 Å². The number of imidazole rings is 1. The summed E-state index contributed by atoms with van der Waals surface area (Å²) in [7, 11) is 0. The van der Waals surface area contributed by atoms with Crippen molar-refractivity contribution in [2.75, 3.05) is 12.3 Å². The quantitative estimate of drug-likeness (QED) is 0.631. The smallest absolute Gasteiger partial charge is 0.336 e. The minimum absolute atomic E-state index is 0.0602. The third-order valence-corrected chi connectivity index (χ3v) is 1.68. The van der Waals surface area contributed by atoms with Gasteiger partial charge in [0.15, 0.2) is 12.1 Å². The lowest BCUT2D eigenvalue weighted by molar-refractivity contribution is -0.153. The fourth-order valence-corrected chi connectivity index (χ4v) is 0.994. The predicted molar refractivity (Wildman–Crippen MR) is 49.3 cm³/mol. The number of carbonyl (C=O) groups excluding carboxylic acids is 1. The van der Waals surface area contributed by atoms with Crippen molar-refractivity contribution < 1.29 is 14.6 Å². The van der Waals surface area contributed by atoms with Gasteiger partial charge in [-0.1, -0.05) is 0 Å². The molecule has 1 heterocycles. The standard InChI is InChI=1S/C8H13N3O3/c1-2-14-7(13)6(12)5-11-4-3-10-8(11)9/h3-4,6,12H,2,5H2,1H3,(H2,9,10). The van der Waals surface area contributed by atoms with Gasteiger partial charge in [-0.25, -0.2) is 9.78 Å². The van der Waals surface area contributed by atoms with Crippen LogP contribution in [0.4, 0.5) is 5.95 Å². The van der Waals surface area contributed by atoms with Crippen LogP contribution in [0.1, 0.15) is 6.92 Å². The number of nitrogens with two attached hydrogens (primary N) is 1. The first kappa shape index (κ1) is 10.5. The number of aliphatic hydroxyl groups is 1. The van der Waals surface area contributed by atoms with Gasteiger partial charge >= 0.3 is 5.97 Å². The topological polar surface area (TPSA) is 90.4 Å². The van der Waals surface area contributed by atoms with Crippen molar-refractivity contribution >= 4 is 11.9 Å². The average molecular weight is 199 g/mol. The maximum absolute atomic E-state index is 11.0. The number of anilines is 1. The summed E-state index contributed by atoms with van der Waals surface area (Å²) in [6.45, 7) is 1.98. The van der Waals surface area contributed by atoms with Gasteiger partial charge < -0.3 is 20.1 Å². The Labute approximate surface area is 81.3 Å². The Morgan fingerprint density at radius 1 is 1.86 bits per heavy atom. The zero-order valence-corrected chi connectivity index (χ0v) is 7.88. The molecule has 6 nitrogen and oxygen atoms in total. The van der Waals surface area contributed by atoms with Gasteiger partial charge in [-0.05, 0) is 6.92 Å². The first-order valence-corrected chi connectivity index (χ1v) is 4.26. The number of hydrogen-bond acceptors (Lipinski definition) is 5. The van der Waals surface area contributed by atoms with E-state index in [1.54, 1.807) is 13.1 Å². The molecule has 6 heteroatoms. The molecule has 1 atom stereocenters. The summed E-state index contributed by atoms with van der Waals surface area (Å²) in [4.78, 5) is 14.8. The lowest BCUT2D eigenvalue weighted by Crippen LogP contribution is -2.28. The van der Waals surface area contributed by atoms with Gasteiger partial charge in [0, 0.05) is 12.4 Å². The minimum Gasteiger partial charge on any atom is -0.464 e. The van der Waals surface area contributed by atoms with Crippen LogP contribution in [0.25, 0.3) is 0 Å². The molecule has 78 valence electrons. The van der Waals surface area contributed by atoms with E-state index in [1.807, 2.05) is 0 Å². The van der Waals surface area contributed by atoms with Crippen LogP contribution in [0.15, 0.2) is 12.4 Å². The highest BCUT2D eigenvalue weighted by molar-refractivity contribution is 5.74. The molecule has 3 N–H and O–H groups in total. The highest BCUT2D eigenvalue weighted by Gasteiger charge is 2.17. The highest BCUT2D eigenvalue weighted by Crippen LogP contribution is 2.01. The summed E-state index contributed by atoms with van der Waals surface area (Å²) in [5.74, 6) is -0.394. The molecule has 14 heavy (non-hydrogen) atoms. The molecule has 0 fully saturated rings. The molecule has 1 aromatic rings. The summed E-state index contributed by atoms with van der Waals surface area (Å²) in [6, 6.07) is 0. The zero-order valence-electron chi connectivity index (χ0n) is 7.88. The molecule has 0 aliphatic rings. The van der Waals surface area contributed by atoms with E-state index in [4.69, 9.17) is 5.73 Å². The molecular weight excluding hydrogens is 186 g/mol. The molecular formula is C8H13N3O3. The van der Waals surface area contributed by atoms with Crippen molar-refractivity contribution in [3.63, 3.8) is 0 Å². The largest absolute Gasteiger partial charge is 0.464 e. The van der Waals surface area contributed by atoms with Crippen molar-refractivity contribution in [1.82, 2.24) is 9.55 Å². The molecule has 0 radical (unpaired) electrons. The second-order valence-corrected chi connectivity index (χ2v) is 2.71. The summed E-state index contributed by atoms with van der Waals surface area (Å²) in [6.07, 6.45) is 1.87.